The number of anilines is 1. The minimum Gasteiger partial charge on any atom is -0.435 e. The zero-order valence-corrected chi connectivity index (χ0v) is 19.1. The molecular weight excluding hydrogens is 460 g/mol. The Morgan fingerprint density at radius 1 is 0.971 bits per heavy atom. The van der Waals surface area contributed by atoms with E-state index in [2.05, 4.69) is 10.1 Å². The summed E-state index contributed by atoms with van der Waals surface area (Å²) in [7, 11) is 0. The average Bonchev–Trinajstić information content (AvgIpc) is 3.15. The Morgan fingerprint density at radius 2 is 1.66 bits per heavy atom. The number of nitrogens with zero attached hydrogens (tertiary/aromatic N) is 1. The number of rotatable bonds is 8. The molecule has 1 N–H and O–H groups in total. The monoisotopic (exact) mass is 484 g/mol. The molecule has 0 bridgehead atoms. The molecule has 0 saturated heterocycles. The van der Waals surface area contributed by atoms with Crippen molar-refractivity contribution in [2.45, 2.75) is 38.5 Å². The minimum atomic E-state index is -3.05. The summed E-state index contributed by atoms with van der Waals surface area (Å²) in [5.41, 5.74) is 2.02. The highest BCUT2D eigenvalue weighted by Gasteiger charge is 2.36. The summed E-state index contributed by atoms with van der Waals surface area (Å²) < 4.78 is 57.5. The summed E-state index contributed by atoms with van der Waals surface area (Å²) in [5.74, 6) is -3.47. The van der Waals surface area contributed by atoms with E-state index in [1.807, 2.05) is 37.3 Å². The van der Waals surface area contributed by atoms with E-state index in [9.17, 15) is 22.4 Å². The molecule has 8 heteroatoms. The van der Waals surface area contributed by atoms with Crippen molar-refractivity contribution in [3.63, 3.8) is 0 Å². The molecule has 1 aliphatic heterocycles. The van der Waals surface area contributed by atoms with Gasteiger partial charge in [-0.1, -0.05) is 48.5 Å². The fourth-order valence-electron chi connectivity index (χ4n) is 4.03. The highest BCUT2D eigenvalue weighted by atomic mass is 19.3. The molecule has 0 spiro atoms. The molecule has 3 aromatic rings. The number of amides is 1. The van der Waals surface area contributed by atoms with Crippen LogP contribution in [-0.2, 0) is 10.7 Å². The molecule has 1 amide bonds. The van der Waals surface area contributed by atoms with E-state index < -0.39 is 18.6 Å². The number of hydrogen-bond donors (Lipinski definition) is 1. The summed E-state index contributed by atoms with van der Waals surface area (Å²) in [6.07, 6.45) is 1.69. The molecule has 4 nitrogen and oxygen atoms in total. The summed E-state index contributed by atoms with van der Waals surface area (Å²) >= 11 is 0. The zero-order chi connectivity index (χ0) is 25.2. The van der Waals surface area contributed by atoms with Crippen molar-refractivity contribution in [2.75, 3.05) is 4.90 Å². The highest BCUT2D eigenvalue weighted by molar-refractivity contribution is 6.09. The van der Waals surface area contributed by atoms with Crippen molar-refractivity contribution < 1.29 is 27.1 Å². The molecule has 182 valence electrons. The molecule has 2 atom stereocenters. The number of benzene rings is 3. The van der Waals surface area contributed by atoms with Gasteiger partial charge in [-0.3, -0.25) is 9.69 Å². The van der Waals surface area contributed by atoms with Crippen LogP contribution >= 0.6 is 0 Å². The lowest BCUT2D eigenvalue weighted by molar-refractivity contribution is -0.115. The van der Waals surface area contributed by atoms with Gasteiger partial charge in [-0.2, -0.15) is 8.78 Å². The number of nitrogens with one attached hydrogen (secondary N) is 1. The number of alkyl halides is 4. The van der Waals surface area contributed by atoms with Crippen molar-refractivity contribution in [1.82, 2.24) is 5.32 Å². The Balaban J connectivity index is 1.70. The molecule has 1 aliphatic rings. The molecule has 3 aromatic carbocycles. The number of carbonyl (C=O) groups excluding carboxylic acids is 1. The maximum absolute atomic E-state index is 14.0. The summed E-state index contributed by atoms with van der Waals surface area (Å²) in [6, 6.07) is 20.2. The van der Waals surface area contributed by atoms with Crippen LogP contribution in [0.1, 0.15) is 42.6 Å². The topological polar surface area (TPSA) is 41.6 Å². The second-order valence-electron chi connectivity index (χ2n) is 8.36. The lowest BCUT2D eigenvalue weighted by atomic mass is 10.0. The van der Waals surface area contributed by atoms with E-state index in [0.717, 1.165) is 12.5 Å². The number of carbonyl (C=O) groups is 1. The van der Waals surface area contributed by atoms with E-state index >= 15 is 0 Å². The van der Waals surface area contributed by atoms with Crippen LogP contribution in [0, 0.1) is 0 Å². The van der Waals surface area contributed by atoms with Crippen LogP contribution in [-0.4, -0.2) is 12.5 Å². The molecular formula is C27H24F4N2O2. The van der Waals surface area contributed by atoms with Crippen LogP contribution in [0.4, 0.5) is 23.2 Å². The maximum Gasteiger partial charge on any atom is 0.387 e. The molecule has 1 heterocycles. The summed E-state index contributed by atoms with van der Waals surface area (Å²) in [4.78, 5) is 14.9. The quantitative estimate of drug-likeness (QED) is 0.361. The largest absolute Gasteiger partial charge is 0.435 e. The number of ether oxygens (including phenoxy) is 1. The Morgan fingerprint density at radius 3 is 2.29 bits per heavy atom. The van der Waals surface area contributed by atoms with Crippen molar-refractivity contribution >= 4 is 11.6 Å². The van der Waals surface area contributed by atoms with Gasteiger partial charge in [0.15, 0.2) is 0 Å². The molecule has 0 radical (unpaired) electrons. The lowest BCUT2D eigenvalue weighted by Gasteiger charge is -2.26. The molecule has 4 rings (SSSR count). The van der Waals surface area contributed by atoms with Gasteiger partial charge in [0.05, 0.1) is 11.7 Å². The third-order valence-electron chi connectivity index (χ3n) is 5.80. The van der Waals surface area contributed by atoms with Gasteiger partial charge in [0, 0.05) is 24.2 Å². The Labute approximate surface area is 200 Å². The Bertz CT molecular complexity index is 1210. The van der Waals surface area contributed by atoms with Crippen molar-refractivity contribution in [2.24, 2.45) is 0 Å². The summed E-state index contributed by atoms with van der Waals surface area (Å²) in [5, 5.41) is 3.22. The van der Waals surface area contributed by atoms with Gasteiger partial charge >= 0.3 is 6.61 Å². The van der Waals surface area contributed by atoms with Crippen LogP contribution in [0.5, 0.6) is 5.75 Å². The second kappa shape index (κ2) is 9.82. The normalized spacial score (nSPS) is 16.9. The SMILES string of the molecule is C[C@@H](NC1=C[C@H](c2cccc(C(C)(F)F)c2)N(c2ccc(OC(F)F)cc2)C1=O)c1ccccc1. The van der Waals surface area contributed by atoms with E-state index in [1.54, 1.807) is 12.1 Å². The molecule has 35 heavy (non-hydrogen) atoms. The van der Waals surface area contributed by atoms with Gasteiger partial charge in [-0.25, -0.2) is 8.78 Å². The van der Waals surface area contributed by atoms with Crippen molar-refractivity contribution in [3.05, 3.63) is 107 Å². The predicted molar refractivity (Wildman–Crippen MR) is 125 cm³/mol. The number of hydrogen-bond acceptors (Lipinski definition) is 3. The predicted octanol–water partition coefficient (Wildman–Crippen LogP) is 6.72. The van der Waals surface area contributed by atoms with Crippen LogP contribution in [0.15, 0.2) is 90.6 Å². The first-order valence-electron chi connectivity index (χ1n) is 11.0. The van der Waals surface area contributed by atoms with E-state index in [0.29, 0.717) is 16.9 Å². The number of halogens is 4. The molecule has 0 fully saturated rings. The van der Waals surface area contributed by atoms with Crippen molar-refractivity contribution in [1.29, 1.82) is 0 Å². The molecule has 0 aromatic heterocycles. The summed E-state index contributed by atoms with van der Waals surface area (Å²) in [6.45, 7) is -0.247. The van der Waals surface area contributed by atoms with E-state index in [-0.39, 0.29) is 23.3 Å². The first-order valence-corrected chi connectivity index (χ1v) is 11.0. The first kappa shape index (κ1) is 24.3. The molecule has 0 saturated carbocycles. The highest BCUT2D eigenvalue weighted by Crippen LogP contribution is 2.38. The van der Waals surface area contributed by atoms with Crippen LogP contribution < -0.4 is 15.0 Å². The lowest BCUT2D eigenvalue weighted by Crippen LogP contribution is -2.33. The third-order valence-corrected chi connectivity index (χ3v) is 5.80. The van der Waals surface area contributed by atoms with Gasteiger partial charge < -0.3 is 10.1 Å². The minimum absolute atomic E-state index is 0.0522. The molecule has 0 aliphatic carbocycles. The average molecular weight is 484 g/mol. The van der Waals surface area contributed by atoms with Gasteiger partial charge in [0.25, 0.3) is 11.8 Å². The van der Waals surface area contributed by atoms with Crippen LogP contribution in [0.25, 0.3) is 0 Å². The second-order valence-corrected chi connectivity index (χ2v) is 8.36. The first-order chi connectivity index (χ1) is 16.6. The van der Waals surface area contributed by atoms with Crippen molar-refractivity contribution in [3.8, 4) is 5.75 Å². The van der Waals surface area contributed by atoms with Crippen LogP contribution in [0.2, 0.25) is 0 Å². The standard InChI is InChI=1S/C27H24F4N2O2/c1-17(18-7-4-3-5-8-18)32-23-16-24(19-9-6-10-20(15-19)27(2,30)31)33(25(23)34)21-11-13-22(14-12-21)35-26(28)29/h3-17,24,26,32H,1-2H3/t17-,24-/m1/s1. The van der Waals surface area contributed by atoms with Gasteiger partial charge in [-0.15, -0.1) is 0 Å². The van der Waals surface area contributed by atoms with E-state index in [1.165, 1.54) is 47.4 Å². The smallest absolute Gasteiger partial charge is 0.387 e. The van der Waals surface area contributed by atoms with Gasteiger partial charge in [0.1, 0.15) is 5.75 Å². The fraction of sp³-hybridized carbons (Fsp3) is 0.222. The zero-order valence-electron chi connectivity index (χ0n) is 19.1. The molecule has 0 unspecified atom stereocenters. The third kappa shape index (κ3) is 5.48. The maximum atomic E-state index is 14.0. The Kier molecular flexibility index (Phi) is 6.82. The van der Waals surface area contributed by atoms with Crippen LogP contribution in [0.3, 0.4) is 0 Å². The Hall–Kier alpha value is -3.81. The van der Waals surface area contributed by atoms with Gasteiger partial charge in [-0.05, 0) is 54.5 Å². The van der Waals surface area contributed by atoms with E-state index in [4.69, 9.17) is 0 Å². The van der Waals surface area contributed by atoms with Gasteiger partial charge in [0.2, 0.25) is 0 Å². The fourth-order valence-corrected chi connectivity index (χ4v) is 4.03.